The Morgan fingerprint density at radius 1 is 1.14 bits per heavy atom. The smallest absolute Gasteiger partial charge is 0.239 e. The molecule has 0 aliphatic carbocycles. The first-order valence-electron chi connectivity index (χ1n) is 7.08. The number of hydrogen-bond acceptors (Lipinski definition) is 2. The minimum Gasteiger partial charge on any atom is -0.325 e. The number of carbonyl (C=O) groups is 2. The van der Waals surface area contributed by atoms with Gasteiger partial charge in [-0.2, -0.15) is 0 Å². The molecule has 0 saturated carbocycles. The van der Waals surface area contributed by atoms with E-state index in [1.807, 2.05) is 30.3 Å². The van der Waals surface area contributed by atoms with Crippen molar-refractivity contribution in [1.82, 2.24) is 0 Å². The fourth-order valence-electron chi connectivity index (χ4n) is 2.58. The molecule has 0 aromatic heterocycles. The summed E-state index contributed by atoms with van der Waals surface area (Å²) in [4.78, 5) is 26.4. The van der Waals surface area contributed by atoms with Gasteiger partial charge in [0.15, 0.2) is 0 Å². The van der Waals surface area contributed by atoms with Crippen LogP contribution in [0.1, 0.15) is 6.42 Å². The SMILES string of the molecule is O=C(Nc1cccc(Cl)c1)[C@@H]1CCN(c2ccccc2)C1=O. The molecule has 3 rings (SSSR count). The highest BCUT2D eigenvalue weighted by atomic mass is 35.5. The lowest BCUT2D eigenvalue weighted by Crippen LogP contribution is -2.33. The van der Waals surface area contributed by atoms with Crippen molar-refractivity contribution in [2.24, 2.45) is 5.92 Å². The summed E-state index contributed by atoms with van der Waals surface area (Å²) in [6.45, 7) is 0.552. The predicted octanol–water partition coefficient (Wildman–Crippen LogP) is 3.33. The van der Waals surface area contributed by atoms with E-state index in [0.29, 0.717) is 23.7 Å². The molecular weight excluding hydrogens is 300 g/mol. The van der Waals surface area contributed by atoms with Crippen molar-refractivity contribution >= 4 is 34.8 Å². The summed E-state index contributed by atoms with van der Waals surface area (Å²) in [6.07, 6.45) is 0.514. The van der Waals surface area contributed by atoms with E-state index in [1.54, 1.807) is 29.2 Å². The maximum Gasteiger partial charge on any atom is 0.239 e. The normalized spacial score (nSPS) is 17.6. The summed E-state index contributed by atoms with van der Waals surface area (Å²) in [6, 6.07) is 16.3. The summed E-state index contributed by atoms with van der Waals surface area (Å²) in [7, 11) is 0. The molecule has 0 spiro atoms. The number of hydrogen-bond donors (Lipinski definition) is 1. The highest BCUT2D eigenvalue weighted by Gasteiger charge is 2.37. The second kappa shape index (κ2) is 6.20. The quantitative estimate of drug-likeness (QED) is 0.883. The summed E-state index contributed by atoms with van der Waals surface area (Å²) in [5.74, 6) is -1.10. The van der Waals surface area contributed by atoms with Gasteiger partial charge in [-0.05, 0) is 36.8 Å². The second-order valence-corrected chi connectivity index (χ2v) is 5.60. The highest BCUT2D eigenvalue weighted by molar-refractivity contribution is 6.31. The number of rotatable bonds is 3. The first-order valence-corrected chi connectivity index (χ1v) is 7.46. The molecule has 1 heterocycles. The molecule has 22 heavy (non-hydrogen) atoms. The minimum atomic E-state index is -0.654. The van der Waals surface area contributed by atoms with Crippen LogP contribution in [0.2, 0.25) is 5.02 Å². The number of halogens is 1. The number of carbonyl (C=O) groups excluding carboxylic acids is 2. The molecule has 2 aromatic carbocycles. The van der Waals surface area contributed by atoms with Gasteiger partial charge in [0.25, 0.3) is 0 Å². The van der Waals surface area contributed by atoms with Crippen molar-refractivity contribution in [2.45, 2.75) is 6.42 Å². The molecule has 2 aromatic rings. The first kappa shape index (κ1) is 14.6. The van der Waals surface area contributed by atoms with Crippen molar-refractivity contribution < 1.29 is 9.59 Å². The van der Waals surface area contributed by atoms with Crippen LogP contribution in [-0.2, 0) is 9.59 Å². The molecule has 1 N–H and O–H groups in total. The van der Waals surface area contributed by atoms with E-state index in [1.165, 1.54) is 0 Å². The van der Waals surface area contributed by atoms with E-state index < -0.39 is 5.92 Å². The van der Waals surface area contributed by atoms with Gasteiger partial charge in [-0.15, -0.1) is 0 Å². The Bertz CT molecular complexity index is 703. The zero-order chi connectivity index (χ0) is 15.5. The number of nitrogens with zero attached hydrogens (tertiary/aromatic N) is 1. The van der Waals surface area contributed by atoms with E-state index in [4.69, 9.17) is 11.6 Å². The van der Waals surface area contributed by atoms with E-state index in [-0.39, 0.29) is 11.8 Å². The molecule has 0 bridgehead atoms. The average Bonchev–Trinajstić information content (AvgIpc) is 2.90. The third-order valence-corrected chi connectivity index (χ3v) is 3.92. The Hall–Kier alpha value is -2.33. The van der Waals surface area contributed by atoms with Gasteiger partial charge in [0.05, 0.1) is 0 Å². The van der Waals surface area contributed by atoms with Crippen molar-refractivity contribution in [3.8, 4) is 0 Å². The van der Waals surface area contributed by atoms with Crippen LogP contribution in [0.4, 0.5) is 11.4 Å². The average molecular weight is 315 g/mol. The third kappa shape index (κ3) is 2.97. The Labute approximate surface area is 133 Å². The van der Waals surface area contributed by atoms with Crippen molar-refractivity contribution in [1.29, 1.82) is 0 Å². The maximum absolute atomic E-state index is 12.4. The fourth-order valence-corrected chi connectivity index (χ4v) is 2.77. The minimum absolute atomic E-state index is 0.161. The molecule has 1 aliphatic rings. The van der Waals surface area contributed by atoms with E-state index in [2.05, 4.69) is 5.32 Å². The summed E-state index contributed by atoms with van der Waals surface area (Å²) < 4.78 is 0. The van der Waals surface area contributed by atoms with Crippen LogP contribution in [0.3, 0.4) is 0 Å². The van der Waals surface area contributed by atoms with Crippen molar-refractivity contribution in [2.75, 3.05) is 16.8 Å². The Balaban J connectivity index is 1.71. The van der Waals surface area contributed by atoms with Gasteiger partial charge < -0.3 is 10.2 Å². The lowest BCUT2D eigenvalue weighted by molar-refractivity contribution is -0.129. The monoisotopic (exact) mass is 314 g/mol. The number of benzene rings is 2. The summed E-state index contributed by atoms with van der Waals surface area (Å²) in [5, 5.41) is 3.30. The van der Waals surface area contributed by atoms with Crippen LogP contribution in [0.5, 0.6) is 0 Å². The second-order valence-electron chi connectivity index (χ2n) is 5.17. The van der Waals surface area contributed by atoms with Crippen LogP contribution < -0.4 is 10.2 Å². The number of amides is 2. The van der Waals surface area contributed by atoms with Crippen molar-refractivity contribution in [3.05, 3.63) is 59.6 Å². The Morgan fingerprint density at radius 2 is 1.91 bits per heavy atom. The zero-order valence-electron chi connectivity index (χ0n) is 11.8. The topological polar surface area (TPSA) is 49.4 Å². The van der Waals surface area contributed by atoms with Crippen molar-refractivity contribution in [3.63, 3.8) is 0 Å². The first-order chi connectivity index (χ1) is 10.6. The summed E-state index contributed by atoms with van der Waals surface area (Å²) >= 11 is 5.89. The Morgan fingerprint density at radius 3 is 2.64 bits per heavy atom. The van der Waals surface area contributed by atoms with Gasteiger partial charge in [-0.3, -0.25) is 9.59 Å². The number of nitrogens with one attached hydrogen (secondary N) is 1. The molecule has 0 radical (unpaired) electrons. The number of para-hydroxylation sites is 1. The van der Waals surface area contributed by atoms with Gasteiger partial charge in [0, 0.05) is 22.9 Å². The fraction of sp³-hybridized carbons (Fsp3) is 0.176. The van der Waals surface area contributed by atoms with Crippen LogP contribution in [0, 0.1) is 5.92 Å². The lowest BCUT2D eigenvalue weighted by atomic mass is 10.1. The van der Waals surface area contributed by atoms with Crippen LogP contribution in [0.25, 0.3) is 0 Å². The van der Waals surface area contributed by atoms with Gasteiger partial charge in [0.2, 0.25) is 11.8 Å². The molecular formula is C17H15ClN2O2. The number of anilines is 2. The van der Waals surface area contributed by atoms with Gasteiger partial charge in [-0.25, -0.2) is 0 Å². The molecule has 5 heteroatoms. The largest absolute Gasteiger partial charge is 0.325 e. The van der Waals surface area contributed by atoms with Gasteiger partial charge in [-0.1, -0.05) is 35.9 Å². The lowest BCUT2D eigenvalue weighted by Gasteiger charge is -2.16. The summed E-state index contributed by atoms with van der Waals surface area (Å²) in [5.41, 5.74) is 1.43. The van der Waals surface area contributed by atoms with E-state index in [9.17, 15) is 9.59 Å². The molecule has 1 fully saturated rings. The zero-order valence-corrected chi connectivity index (χ0v) is 12.6. The van der Waals surface area contributed by atoms with Gasteiger partial charge >= 0.3 is 0 Å². The van der Waals surface area contributed by atoms with Crippen LogP contribution >= 0.6 is 11.6 Å². The Kier molecular flexibility index (Phi) is 4.11. The van der Waals surface area contributed by atoms with E-state index in [0.717, 1.165) is 5.69 Å². The maximum atomic E-state index is 12.4. The molecule has 1 atom stereocenters. The molecule has 1 aliphatic heterocycles. The molecule has 2 amide bonds. The molecule has 1 saturated heterocycles. The predicted molar refractivity (Wildman–Crippen MR) is 87.0 cm³/mol. The van der Waals surface area contributed by atoms with Crippen LogP contribution in [0.15, 0.2) is 54.6 Å². The van der Waals surface area contributed by atoms with Crippen LogP contribution in [-0.4, -0.2) is 18.4 Å². The van der Waals surface area contributed by atoms with E-state index >= 15 is 0 Å². The van der Waals surface area contributed by atoms with Gasteiger partial charge in [0.1, 0.15) is 5.92 Å². The standard InChI is InChI=1S/C17H15ClN2O2/c18-12-5-4-6-13(11-12)19-16(21)15-9-10-20(17(15)22)14-7-2-1-3-8-14/h1-8,11,15H,9-10H2,(H,19,21)/t15-/m0/s1. The molecule has 4 nitrogen and oxygen atoms in total. The third-order valence-electron chi connectivity index (χ3n) is 3.68. The molecule has 112 valence electrons. The highest BCUT2D eigenvalue weighted by Crippen LogP contribution is 2.26. The molecule has 0 unspecified atom stereocenters.